The number of likely N-dealkylation sites (tertiary alicyclic amines) is 1. The van der Waals surface area contributed by atoms with Gasteiger partial charge in [-0.25, -0.2) is 4.79 Å². The van der Waals surface area contributed by atoms with Gasteiger partial charge in [0.2, 0.25) is 5.91 Å². The Bertz CT molecular complexity index is 1110. The van der Waals surface area contributed by atoms with Gasteiger partial charge >= 0.3 is 5.97 Å². The topological polar surface area (TPSA) is 77.8 Å². The summed E-state index contributed by atoms with van der Waals surface area (Å²) in [5, 5.41) is 0. The van der Waals surface area contributed by atoms with Crippen LogP contribution in [0, 0.1) is 5.92 Å². The van der Waals surface area contributed by atoms with Crippen LogP contribution in [0.25, 0.3) is 12.2 Å². The van der Waals surface area contributed by atoms with Crippen molar-refractivity contribution < 1.29 is 19.1 Å². The third kappa shape index (κ3) is 6.09. The van der Waals surface area contributed by atoms with Crippen LogP contribution in [0.2, 0.25) is 0 Å². The van der Waals surface area contributed by atoms with Gasteiger partial charge in [-0.1, -0.05) is 19.1 Å². The lowest BCUT2D eigenvalue weighted by molar-refractivity contribution is -0.136. The number of rotatable bonds is 7. The van der Waals surface area contributed by atoms with Crippen LogP contribution in [0.3, 0.4) is 0 Å². The maximum atomic E-state index is 13.1. The molecular formula is C24H30N2O5S. The molecule has 8 heteroatoms. The average Bonchev–Trinajstić information content (AvgIpc) is 3.04. The van der Waals surface area contributed by atoms with Crippen molar-refractivity contribution in [2.75, 3.05) is 26.3 Å². The van der Waals surface area contributed by atoms with E-state index < -0.39 is 5.97 Å². The molecule has 0 radical (unpaired) electrons. The number of nitrogens with zero attached hydrogens (tertiary/aromatic N) is 2. The number of aromatic nitrogens is 1. The van der Waals surface area contributed by atoms with Gasteiger partial charge in [-0.05, 0) is 56.4 Å². The van der Waals surface area contributed by atoms with Crippen LogP contribution in [0.5, 0.6) is 5.75 Å². The van der Waals surface area contributed by atoms with E-state index in [1.54, 1.807) is 17.9 Å². The van der Waals surface area contributed by atoms with Crippen LogP contribution in [0.15, 0.2) is 29.1 Å². The van der Waals surface area contributed by atoms with Crippen molar-refractivity contribution in [1.82, 2.24) is 9.47 Å². The molecule has 32 heavy (non-hydrogen) atoms. The number of hydrogen-bond donors (Lipinski definition) is 0. The number of carbonyl (C=O) groups excluding carboxylic acids is 2. The molecule has 0 bridgehead atoms. The van der Waals surface area contributed by atoms with Crippen molar-refractivity contribution in [3.8, 4) is 5.75 Å². The zero-order chi connectivity index (χ0) is 23.1. The van der Waals surface area contributed by atoms with Crippen LogP contribution < -0.4 is 19.5 Å². The fraction of sp³-hybridized carbons (Fsp3) is 0.458. The normalized spacial score (nSPS) is 15.8. The van der Waals surface area contributed by atoms with E-state index in [1.807, 2.05) is 31.2 Å². The third-order valence-electron chi connectivity index (χ3n) is 5.38. The lowest BCUT2D eigenvalue weighted by Crippen LogP contribution is -2.43. The molecule has 1 aromatic heterocycles. The molecule has 0 spiro atoms. The van der Waals surface area contributed by atoms with E-state index in [4.69, 9.17) is 9.47 Å². The van der Waals surface area contributed by atoms with Crippen molar-refractivity contribution in [3.63, 3.8) is 0 Å². The molecule has 3 rings (SSSR count). The number of piperidine rings is 1. The Morgan fingerprint density at radius 1 is 1.12 bits per heavy atom. The number of carbonyl (C=O) groups is 2. The Morgan fingerprint density at radius 2 is 1.81 bits per heavy atom. The monoisotopic (exact) mass is 458 g/mol. The second-order valence-electron chi connectivity index (χ2n) is 7.80. The summed E-state index contributed by atoms with van der Waals surface area (Å²) in [5.74, 6) is 0.717. The number of amides is 1. The van der Waals surface area contributed by atoms with Gasteiger partial charge in [-0.15, -0.1) is 11.3 Å². The first-order valence-electron chi connectivity index (χ1n) is 11.0. The lowest BCUT2D eigenvalue weighted by atomic mass is 9.99. The predicted molar refractivity (Wildman–Crippen MR) is 125 cm³/mol. The molecule has 172 valence electrons. The Kier molecular flexibility index (Phi) is 8.27. The van der Waals surface area contributed by atoms with Gasteiger partial charge in [0.25, 0.3) is 5.56 Å². The van der Waals surface area contributed by atoms with Crippen LogP contribution in [-0.4, -0.2) is 47.6 Å². The number of ether oxygens (including phenoxy) is 2. The van der Waals surface area contributed by atoms with E-state index in [9.17, 15) is 14.4 Å². The van der Waals surface area contributed by atoms with Crippen LogP contribution in [0.1, 0.15) is 39.2 Å². The summed E-state index contributed by atoms with van der Waals surface area (Å²) >= 11 is 1.18. The summed E-state index contributed by atoms with van der Waals surface area (Å²) in [4.78, 5) is 39.9. The van der Waals surface area contributed by atoms with Gasteiger partial charge in [-0.2, -0.15) is 0 Å². The van der Waals surface area contributed by atoms with E-state index >= 15 is 0 Å². The molecule has 0 unspecified atom stereocenters. The maximum Gasteiger partial charge on any atom is 0.333 e. The van der Waals surface area contributed by atoms with Gasteiger partial charge in [0, 0.05) is 13.1 Å². The SMILES string of the molecule is CCOC(=O)/C=c1\s/c(=C/c2ccc(OCC)cc2)c(=O)n1CC(=O)N1CCC(C)CC1. The first-order chi connectivity index (χ1) is 15.4. The summed E-state index contributed by atoms with van der Waals surface area (Å²) < 4.78 is 12.7. The molecule has 1 aliphatic heterocycles. The minimum atomic E-state index is -0.533. The zero-order valence-electron chi connectivity index (χ0n) is 18.8. The molecule has 0 N–H and O–H groups in total. The molecule has 1 aromatic carbocycles. The Morgan fingerprint density at radius 3 is 2.44 bits per heavy atom. The van der Waals surface area contributed by atoms with E-state index in [0.29, 0.717) is 34.8 Å². The van der Waals surface area contributed by atoms with E-state index in [-0.39, 0.29) is 24.6 Å². The number of hydrogen-bond acceptors (Lipinski definition) is 6. The molecular weight excluding hydrogens is 428 g/mol. The van der Waals surface area contributed by atoms with E-state index in [1.165, 1.54) is 22.0 Å². The van der Waals surface area contributed by atoms with Crippen molar-refractivity contribution in [2.24, 2.45) is 5.92 Å². The molecule has 0 atom stereocenters. The van der Waals surface area contributed by atoms with Gasteiger partial charge in [-0.3, -0.25) is 14.2 Å². The largest absolute Gasteiger partial charge is 0.494 e. The first-order valence-corrected chi connectivity index (χ1v) is 11.8. The second-order valence-corrected chi connectivity index (χ2v) is 8.86. The number of thiazole rings is 1. The standard InChI is InChI=1S/C24H30N2O5S/c1-4-30-19-8-6-18(7-9-19)14-20-24(29)26(22(32-20)15-23(28)31-5-2)16-21(27)25-12-10-17(3)11-13-25/h6-9,14-15,17H,4-5,10-13,16H2,1-3H3/b20-14+,22-15-. The minimum absolute atomic E-state index is 0.0912. The second kappa shape index (κ2) is 11.1. The third-order valence-corrected chi connectivity index (χ3v) is 6.44. The van der Waals surface area contributed by atoms with Crippen molar-refractivity contribution in [2.45, 2.75) is 40.2 Å². The Labute approximate surface area is 191 Å². The molecule has 0 aliphatic carbocycles. The van der Waals surface area contributed by atoms with Crippen molar-refractivity contribution >= 4 is 35.4 Å². The molecule has 2 aromatic rings. The van der Waals surface area contributed by atoms with E-state index in [0.717, 1.165) is 24.2 Å². The quantitative estimate of drug-likeness (QED) is 0.591. The average molecular weight is 459 g/mol. The fourth-order valence-corrected chi connectivity index (χ4v) is 4.58. The zero-order valence-corrected chi connectivity index (χ0v) is 19.7. The summed E-state index contributed by atoms with van der Waals surface area (Å²) in [6.45, 7) is 7.94. The van der Waals surface area contributed by atoms with Crippen LogP contribution in [0.4, 0.5) is 0 Å². The number of esters is 1. The Balaban J connectivity index is 1.95. The number of benzene rings is 1. The minimum Gasteiger partial charge on any atom is -0.494 e. The summed E-state index contributed by atoms with van der Waals surface area (Å²) in [7, 11) is 0. The van der Waals surface area contributed by atoms with Gasteiger partial charge in [0.05, 0.1) is 23.8 Å². The smallest absolute Gasteiger partial charge is 0.333 e. The molecule has 1 saturated heterocycles. The maximum absolute atomic E-state index is 13.1. The summed E-state index contributed by atoms with van der Waals surface area (Å²) in [6.07, 6.45) is 4.97. The van der Waals surface area contributed by atoms with Crippen molar-refractivity contribution in [1.29, 1.82) is 0 Å². The molecule has 7 nitrogen and oxygen atoms in total. The van der Waals surface area contributed by atoms with Gasteiger partial charge in [0.15, 0.2) is 0 Å². The van der Waals surface area contributed by atoms with Crippen LogP contribution >= 0.6 is 11.3 Å². The van der Waals surface area contributed by atoms with Gasteiger partial charge in [0.1, 0.15) is 17.0 Å². The lowest BCUT2D eigenvalue weighted by Gasteiger charge is -2.30. The molecule has 1 aliphatic rings. The summed E-state index contributed by atoms with van der Waals surface area (Å²) in [5.41, 5.74) is 0.538. The molecule has 0 saturated carbocycles. The highest BCUT2D eigenvalue weighted by atomic mass is 32.1. The van der Waals surface area contributed by atoms with Crippen molar-refractivity contribution in [3.05, 3.63) is 49.4 Å². The highest BCUT2D eigenvalue weighted by Gasteiger charge is 2.21. The molecule has 1 fully saturated rings. The van der Waals surface area contributed by atoms with E-state index in [2.05, 4.69) is 6.92 Å². The molecule has 2 heterocycles. The first kappa shape index (κ1) is 23.8. The van der Waals surface area contributed by atoms with Crippen LogP contribution in [-0.2, 0) is 20.9 Å². The fourth-order valence-electron chi connectivity index (χ4n) is 3.55. The molecule has 1 amide bonds. The highest BCUT2D eigenvalue weighted by molar-refractivity contribution is 7.07. The Hall–Kier alpha value is -2.87. The predicted octanol–water partition coefficient (Wildman–Crippen LogP) is 1.74. The van der Waals surface area contributed by atoms with Gasteiger partial charge < -0.3 is 14.4 Å². The highest BCUT2D eigenvalue weighted by Crippen LogP contribution is 2.16. The summed E-state index contributed by atoms with van der Waals surface area (Å²) in [6, 6.07) is 7.41.